The van der Waals surface area contributed by atoms with Crippen LogP contribution in [0.2, 0.25) is 0 Å². The maximum Gasteiger partial charge on any atom is 0.505 e. The number of hydrogen-bond donors (Lipinski definition) is 3. The van der Waals surface area contributed by atoms with Crippen LogP contribution in [-0.4, -0.2) is 34.2 Å². The van der Waals surface area contributed by atoms with Gasteiger partial charge in [0.1, 0.15) is 6.61 Å². The van der Waals surface area contributed by atoms with Crippen LogP contribution < -0.4 is 0 Å². The molecule has 0 bridgehead atoms. The van der Waals surface area contributed by atoms with Crippen LogP contribution in [0.4, 0.5) is 9.59 Å². The van der Waals surface area contributed by atoms with E-state index in [1.165, 1.54) is 11.1 Å². The Morgan fingerprint density at radius 3 is 1.68 bits per heavy atom. The molecule has 0 saturated carbocycles. The molecule has 3 N–H and O–H groups in total. The highest BCUT2D eigenvalue weighted by molar-refractivity contribution is 5.78. The highest BCUT2D eigenvalue weighted by atomic mass is 16.7. The van der Waals surface area contributed by atoms with Gasteiger partial charge in [0.2, 0.25) is 0 Å². The first-order chi connectivity index (χ1) is 10.5. The predicted molar refractivity (Wildman–Crippen MR) is 78.4 cm³/mol. The summed E-state index contributed by atoms with van der Waals surface area (Å²) < 4.78 is 4.76. The minimum absolute atomic E-state index is 0.00787. The summed E-state index contributed by atoms with van der Waals surface area (Å²) >= 11 is 0. The third-order valence-electron chi connectivity index (χ3n) is 3.34. The fourth-order valence-corrected chi connectivity index (χ4v) is 2.59. The molecule has 2 aromatic rings. The van der Waals surface area contributed by atoms with Crippen LogP contribution in [0.1, 0.15) is 17.0 Å². The molecule has 0 saturated heterocycles. The predicted octanol–water partition coefficient (Wildman–Crippen LogP) is 3.72. The molecule has 0 unspecified atom stereocenters. The highest BCUT2D eigenvalue weighted by Gasteiger charge is 2.28. The Balaban J connectivity index is 0.000000396. The fourth-order valence-electron chi connectivity index (χ4n) is 2.59. The molecule has 6 nitrogen and oxygen atoms in total. The van der Waals surface area contributed by atoms with Crippen molar-refractivity contribution >= 4 is 12.3 Å². The molecule has 0 amide bonds. The van der Waals surface area contributed by atoms with Gasteiger partial charge < -0.3 is 20.1 Å². The van der Waals surface area contributed by atoms with Gasteiger partial charge in [-0.05, 0) is 22.3 Å². The van der Waals surface area contributed by atoms with Crippen LogP contribution in [0.15, 0.2) is 48.5 Å². The van der Waals surface area contributed by atoms with Crippen LogP contribution in [0, 0.1) is 0 Å². The molecule has 0 fully saturated rings. The van der Waals surface area contributed by atoms with E-state index in [9.17, 15) is 4.79 Å². The standard InChI is InChI=1S/C15H12O3.CH2O3/c16-15(17)18-9-14-12-7-3-1-5-10(12)11-6-2-4-8-13(11)14;2-1(3)4/h1-8,14H,9H2,(H,16,17);(H2,2,3,4). The monoisotopic (exact) mass is 302 g/mol. The Hall–Kier alpha value is -3.02. The third-order valence-corrected chi connectivity index (χ3v) is 3.34. The molecular weight excluding hydrogens is 288 g/mol. The molecule has 0 radical (unpaired) electrons. The smallest absolute Gasteiger partial charge is 0.450 e. The van der Waals surface area contributed by atoms with Gasteiger partial charge in [0, 0.05) is 5.92 Å². The molecular formula is C16H14O6. The van der Waals surface area contributed by atoms with Gasteiger partial charge in [0.05, 0.1) is 0 Å². The summed E-state index contributed by atoms with van der Waals surface area (Å²) in [6.45, 7) is 0.170. The first-order valence-corrected chi connectivity index (χ1v) is 6.46. The third kappa shape index (κ3) is 3.35. The van der Waals surface area contributed by atoms with Crippen molar-refractivity contribution in [1.29, 1.82) is 0 Å². The van der Waals surface area contributed by atoms with E-state index in [0.717, 1.165) is 11.1 Å². The molecule has 114 valence electrons. The summed E-state index contributed by atoms with van der Waals surface area (Å²) in [4.78, 5) is 19.1. The van der Waals surface area contributed by atoms with Gasteiger partial charge in [-0.2, -0.15) is 0 Å². The molecule has 6 heteroatoms. The van der Waals surface area contributed by atoms with E-state index >= 15 is 0 Å². The lowest BCUT2D eigenvalue weighted by Gasteiger charge is -2.12. The van der Waals surface area contributed by atoms with Gasteiger partial charge in [0.15, 0.2) is 0 Å². The number of rotatable bonds is 2. The number of fused-ring (bicyclic) bond motifs is 3. The Morgan fingerprint density at radius 2 is 1.27 bits per heavy atom. The Labute approximate surface area is 126 Å². The lowest BCUT2D eigenvalue weighted by molar-refractivity contribution is 0.0891. The van der Waals surface area contributed by atoms with Gasteiger partial charge in [-0.3, -0.25) is 0 Å². The molecule has 0 aliphatic heterocycles. The number of benzene rings is 2. The van der Waals surface area contributed by atoms with Crippen molar-refractivity contribution in [3.05, 3.63) is 59.7 Å². The Kier molecular flexibility index (Phi) is 4.63. The topological polar surface area (TPSA) is 104 Å². The van der Waals surface area contributed by atoms with Crippen LogP contribution in [-0.2, 0) is 4.74 Å². The molecule has 2 aromatic carbocycles. The fraction of sp³-hybridized carbons (Fsp3) is 0.125. The van der Waals surface area contributed by atoms with E-state index in [0.29, 0.717) is 0 Å². The summed E-state index contributed by atoms with van der Waals surface area (Å²) in [6.07, 6.45) is -3.06. The molecule has 0 aromatic heterocycles. The van der Waals surface area contributed by atoms with Crippen molar-refractivity contribution < 1.29 is 29.6 Å². The first-order valence-electron chi connectivity index (χ1n) is 6.46. The van der Waals surface area contributed by atoms with Crippen molar-refractivity contribution in [2.45, 2.75) is 5.92 Å². The number of carboxylic acid groups (broad SMARTS) is 3. The quantitative estimate of drug-likeness (QED) is 0.730. The summed E-state index contributed by atoms with van der Waals surface area (Å²) in [5.41, 5.74) is 4.62. The second-order valence-electron chi connectivity index (χ2n) is 4.59. The largest absolute Gasteiger partial charge is 0.505 e. The minimum Gasteiger partial charge on any atom is -0.450 e. The molecule has 0 heterocycles. The van der Waals surface area contributed by atoms with Crippen molar-refractivity contribution in [2.75, 3.05) is 6.61 Å². The number of hydrogen-bond acceptors (Lipinski definition) is 3. The highest BCUT2D eigenvalue weighted by Crippen LogP contribution is 2.44. The normalized spacial score (nSPS) is 11.6. The molecule has 22 heavy (non-hydrogen) atoms. The average Bonchev–Trinajstić information content (AvgIpc) is 2.79. The van der Waals surface area contributed by atoms with Crippen molar-refractivity contribution in [3.63, 3.8) is 0 Å². The molecule has 0 atom stereocenters. The zero-order valence-corrected chi connectivity index (χ0v) is 11.5. The van der Waals surface area contributed by atoms with Crippen LogP contribution in [0.25, 0.3) is 11.1 Å². The zero-order chi connectivity index (χ0) is 16.1. The van der Waals surface area contributed by atoms with E-state index in [1.807, 2.05) is 36.4 Å². The van der Waals surface area contributed by atoms with E-state index in [-0.39, 0.29) is 12.5 Å². The Bertz CT molecular complexity index is 645. The summed E-state index contributed by atoms with van der Waals surface area (Å²) in [5.74, 6) is 0.00787. The van der Waals surface area contributed by atoms with E-state index in [1.54, 1.807) is 0 Å². The first kappa shape index (κ1) is 15.4. The maximum atomic E-state index is 10.6. The van der Waals surface area contributed by atoms with Crippen LogP contribution in [0.5, 0.6) is 0 Å². The van der Waals surface area contributed by atoms with E-state index in [4.69, 9.17) is 24.9 Å². The Morgan fingerprint density at radius 1 is 0.864 bits per heavy atom. The van der Waals surface area contributed by atoms with Crippen molar-refractivity contribution in [1.82, 2.24) is 0 Å². The van der Waals surface area contributed by atoms with Gasteiger partial charge in [-0.1, -0.05) is 48.5 Å². The van der Waals surface area contributed by atoms with E-state index < -0.39 is 12.3 Å². The molecule has 1 aliphatic carbocycles. The van der Waals surface area contributed by atoms with Crippen LogP contribution >= 0.6 is 0 Å². The summed E-state index contributed by atoms with van der Waals surface area (Å²) in [5, 5.41) is 22.6. The number of ether oxygens (including phenoxy) is 1. The van der Waals surface area contributed by atoms with E-state index in [2.05, 4.69) is 12.1 Å². The molecule has 3 rings (SSSR count). The molecule has 0 spiro atoms. The second-order valence-corrected chi connectivity index (χ2v) is 4.59. The number of carbonyl (C=O) groups is 2. The average molecular weight is 302 g/mol. The van der Waals surface area contributed by atoms with Gasteiger partial charge in [0.25, 0.3) is 0 Å². The zero-order valence-electron chi connectivity index (χ0n) is 11.5. The molecule has 1 aliphatic rings. The van der Waals surface area contributed by atoms with Crippen LogP contribution in [0.3, 0.4) is 0 Å². The summed E-state index contributed by atoms with van der Waals surface area (Å²) in [7, 11) is 0. The SMILES string of the molecule is O=C(O)O.O=C(O)OCC1c2ccccc2-c2ccccc21. The second kappa shape index (κ2) is 6.62. The lowest BCUT2D eigenvalue weighted by atomic mass is 9.98. The van der Waals surface area contributed by atoms with Gasteiger partial charge in [-0.15, -0.1) is 0 Å². The summed E-state index contributed by atoms with van der Waals surface area (Å²) in [6, 6.07) is 16.1. The van der Waals surface area contributed by atoms with Crippen molar-refractivity contribution in [2.24, 2.45) is 0 Å². The van der Waals surface area contributed by atoms with Gasteiger partial charge in [-0.25, -0.2) is 9.59 Å². The maximum absolute atomic E-state index is 10.6. The minimum atomic E-state index is -1.83. The van der Waals surface area contributed by atoms with Crippen molar-refractivity contribution in [3.8, 4) is 11.1 Å². The lowest BCUT2D eigenvalue weighted by Crippen LogP contribution is -2.10. The van der Waals surface area contributed by atoms with Gasteiger partial charge >= 0.3 is 12.3 Å².